The number of carbonyl (C=O) groups is 2. The van der Waals surface area contributed by atoms with Crippen molar-refractivity contribution in [2.45, 2.75) is 51.2 Å². The van der Waals surface area contributed by atoms with E-state index in [4.69, 9.17) is 9.47 Å². The number of methoxy groups -OCH3 is 1. The summed E-state index contributed by atoms with van der Waals surface area (Å²) in [6.07, 6.45) is 4.07. The third kappa shape index (κ3) is 6.69. The van der Waals surface area contributed by atoms with Crippen molar-refractivity contribution < 1.29 is 24.0 Å². The van der Waals surface area contributed by atoms with Crippen LogP contribution in [0.3, 0.4) is 0 Å². The smallest absolute Gasteiger partial charge is 0.311 e. The molecule has 2 aromatic carbocycles. The lowest BCUT2D eigenvalue weighted by molar-refractivity contribution is -0.385. The zero-order valence-electron chi connectivity index (χ0n) is 19.2. The first kappa shape index (κ1) is 25.5. The van der Waals surface area contributed by atoms with Gasteiger partial charge in [0.2, 0.25) is 11.7 Å². The first-order chi connectivity index (χ1) is 16.3. The summed E-state index contributed by atoms with van der Waals surface area (Å²) >= 11 is 3.44. The van der Waals surface area contributed by atoms with Crippen molar-refractivity contribution in [1.29, 1.82) is 0 Å². The van der Waals surface area contributed by atoms with Crippen molar-refractivity contribution in [3.63, 3.8) is 0 Å². The zero-order valence-corrected chi connectivity index (χ0v) is 20.7. The molecule has 1 unspecified atom stereocenters. The molecule has 1 atom stereocenters. The van der Waals surface area contributed by atoms with Gasteiger partial charge < -0.3 is 19.7 Å². The van der Waals surface area contributed by atoms with Crippen LogP contribution in [-0.4, -0.2) is 47.4 Å². The molecule has 0 aliphatic heterocycles. The highest BCUT2D eigenvalue weighted by molar-refractivity contribution is 9.10. The molecule has 9 nitrogen and oxygen atoms in total. The molecule has 1 saturated carbocycles. The molecule has 1 fully saturated rings. The SMILES string of the molecule is COc1cc(OCC(=O)N(Cc2cccc(Br)c2)C(C)C(=O)NC2CCCC2)ccc1[N+](=O)[O-]. The third-order valence-corrected chi connectivity index (χ3v) is 6.31. The largest absolute Gasteiger partial charge is 0.490 e. The Morgan fingerprint density at radius 3 is 2.62 bits per heavy atom. The molecule has 0 heterocycles. The van der Waals surface area contributed by atoms with Crippen LogP contribution in [0.25, 0.3) is 0 Å². The van der Waals surface area contributed by atoms with Gasteiger partial charge in [-0.3, -0.25) is 19.7 Å². The number of nitrogens with zero attached hydrogens (tertiary/aromatic N) is 2. The molecule has 0 radical (unpaired) electrons. The molecular formula is C24H28BrN3O6. The molecular weight excluding hydrogens is 506 g/mol. The summed E-state index contributed by atoms with van der Waals surface area (Å²) in [5.74, 6) is -0.301. The van der Waals surface area contributed by atoms with E-state index < -0.39 is 11.0 Å². The summed E-state index contributed by atoms with van der Waals surface area (Å²) in [4.78, 5) is 38.1. The van der Waals surface area contributed by atoms with E-state index in [0.29, 0.717) is 0 Å². The molecule has 0 bridgehead atoms. The second kappa shape index (κ2) is 11.8. The quantitative estimate of drug-likeness (QED) is 0.361. The van der Waals surface area contributed by atoms with E-state index >= 15 is 0 Å². The highest BCUT2D eigenvalue weighted by atomic mass is 79.9. The van der Waals surface area contributed by atoms with E-state index in [-0.39, 0.29) is 48.2 Å². The first-order valence-corrected chi connectivity index (χ1v) is 11.9. The lowest BCUT2D eigenvalue weighted by Gasteiger charge is -2.29. The Balaban J connectivity index is 1.74. The Hall–Kier alpha value is -3.14. The molecule has 10 heteroatoms. The van der Waals surface area contributed by atoms with Crippen LogP contribution in [0, 0.1) is 10.1 Å². The fourth-order valence-corrected chi connectivity index (χ4v) is 4.38. The average molecular weight is 534 g/mol. The molecule has 1 aliphatic carbocycles. The van der Waals surface area contributed by atoms with Crippen molar-refractivity contribution >= 4 is 33.4 Å². The highest BCUT2D eigenvalue weighted by Crippen LogP contribution is 2.30. The van der Waals surface area contributed by atoms with E-state index in [2.05, 4.69) is 21.2 Å². The predicted molar refractivity (Wildman–Crippen MR) is 130 cm³/mol. The number of nitro groups is 1. The fourth-order valence-electron chi connectivity index (χ4n) is 3.93. The summed E-state index contributed by atoms with van der Waals surface area (Å²) in [6.45, 7) is 1.59. The van der Waals surface area contributed by atoms with Gasteiger partial charge in [0, 0.05) is 29.2 Å². The molecule has 0 spiro atoms. The number of nitrogens with one attached hydrogen (secondary N) is 1. The van der Waals surface area contributed by atoms with E-state index in [1.165, 1.54) is 30.2 Å². The molecule has 3 rings (SSSR count). The van der Waals surface area contributed by atoms with Crippen LogP contribution >= 0.6 is 15.9 Å². The van der Waals surface area contributed by atoms with E-state index in [1.54, 1.807) is 6.92 Å². The Morgan fingerprint density at radius 2 is 1.97 bits per heavy atom. The Morgan fingerprint density at radius 1 is 1.24 bits per heavy atom. The number of hydrogen-bond donors (Lipinski definition) is 1. The maximum absolute atomic E-state index is 13.2. The van der Waals surface area contributed by atoms with E-state index in [9.17, 15) is 19.7 Å². The van der Waals surface area contributed by atoms with E-state index in [0.717, 1.165) is 35.7 Å². The molecule has 2 aromatic rings. The maximum atomic E-state index is 13.2. The Labute approximate surface area is 206 Å². The minimum atomic E-state index is -0.706. The number of hydrogen-bond acceptors (Lipinski definition) is 6. The number of carbonyl (C=O) groups excluding carboxylic acids is 2. The summed E-state index contributed by atoms with van der Waals surface area (Å²) < 4.78 is 11.5. The minimum Gasteiger partial charge on any atom is -0.490 e. The van der Waals surface area contributed by atoms with Crippen molar-refractivity contribution in [1.82, 2.24) is 10.2 Å². The molecule has 1 aliphatic rings. The van der Waals surface area contributed by atoms with Gasteiger partial charge in [-0.1, -0.05) is 40.9 Å². The zero-order chi connectivity index (χ0) is 24.7. The average Bonchev–Trinajstić information content (AvgIpc) is 3.33. The van der Waals surface area contributed by atoms with Crippen LogP contribution in [0.2, 0.25) is 0 Å². The topological polar surface area (TPSA) is 111 Å². The van der Waals surface area contributed by atoms with Gasteiger partial charge in [-0.05, 0) is 43.5 Å². The molecule has 182 valence electrons. The van der Waals surface area contributed by atoms with Crippen LogP contribution in [0.5, 0.6) is 11.5 Å². The Bertz CT molecular complexity index is 1040. The predicted octanol–water partition coefficient (Wildman–Crippen LogP) is 4.22. The number of benzene rings is 2. The van der Waals surface area contributed by atoms with Gasteiger partial charge in [0.15, 0.2) is 6.61 Å². The molecule has 1 N–H and O–H groups in total. The number of nitro benzene ring substituents is 1. The summed E-state index contributed by atoms with van der Waals surface area (Å²) in [7, 11) is 1.32. The minimum absolute atomic E-state index is 0.0326. The molecule has 34 heavy (non-hydrogen) atoms. The second-order valence-corrected chi connectivity index (χ2v) is 9.11. The molecule has 0 saturated heterocycles. The van der Waals surface area contributed by atoms with Crippen LogP contribution in [0.15, 0.2) is 46.9 Å². The van der Waals surface area contributed by atoms with Crippen LogP contribution < -0.4 is 14.8 Å². The Kier molecular flexibility index (Phi) is 8.86. The van der Waals surface area contributed by atoms with Gasteiger partial charge in [-0.15, -0.1) is 0 Å². The standard InChI is InChI=1S/C24H28BrN3O6/c1-16(24(30)26-19-8-3-4-9-19)27(14-17-6-5-7-18(25)12-17)23(29)15-34-20-10-11-21(28(31)32)22(13-20)33-2/h5-7,10-13,16,19H,3-4,8-9,14-15H2,1-2H3,(H,26,30). The fraction of sp³-hybridized carbons (Fsp3) is 0.417. The number of rotatable bonds is 10. The number of halogens is 1. The molecule has 0 aromatic heterocycles. The van der Waals surface area contributed by atoms with Gasteiger partial charge >= 0.3 is 5.69 Å². The van der Waals surface area contributed by atoms with Gasteiger partial charge in [-0.25, -0.2) is 0 Å². The number of amides is 2. The highest BCUT2D eigenvalue weighted by Gasteiger charge is 2.29. The summed E-state index contributed by atoms with van der Waals surface area (Å²) in [6, 6.07) is 11.0. The van der Waals surface area contributed by atoms with Crippen LogP contribution in [0.4, 0.5) is 5.69 Å². The number of ether oxygens (including phenoxy) is 2. The van der Waals surface area contributed by atoms with Gasteiger partial charge in [-0.2, -0.15) is 0 Å². The van der Waals surface area contributed by atoms with Crippen molar-refractivity contribution in [2.24, 2.45) is 0 Å². The monoisotopic (exact) mass is 533 g/mol. The maximum Gasteiger partial charge on any atom is 0.311 e. The normalized spacial score (nSPS) is 14.3. The first-order valence-electron chi connectivity index (χ1n) is 11.1. The summed E-state index contributed by atoms with van der Waals surface area (Å²) in [5, 5.41) is 14.1. The van der Waals surface area contributed by atoms with E-state index in [1.807, 2.05) is 24.3 Å². The molecule has 2 amide bonds. The van der Waals surface area contributed by atoms with Gasteiger partial charge in [0.25, 0.3) is 5.91 Å². The van der Waals surface area contributed by atoms with Crippen molar-refractivity contribution in [3.8, 4) is 11.5 Å². The van der Waals surface area contributed by atoms with Crippen molar-refractivity contribution in [2.75, 3.05) is 13.7 Å². The van der Waals surface area contributed by atoms with Crippen LogP contribution in [0.1, 0.15) is 38.2 Å². The van der Waals surface area contributed by atoms with Crippen molar-refractivity contribution in [3.05, 3.63) is 62.6 Å². The second-order valence-electron chi connectivity index (χ2n) is 8.20. The summed E-state index contributed by atoms with van der Waals surface area (Å²) in [5.41, 5.74) is 0.662. The lowest BCUT2D eigenvalue weighted by Crippen LogP contribution is -2.50. The third-order valence-electron chi connectivity index (χ3n) is 5.82. The van der Waals surface area contributed by atoms with Crippen LogP contribution in [-0.2, 0) is 16.1 Å². The van der Waals surface area contributed by atoms with Gasteiger partial charge in [0.1, 0.15) is 11.8 Å². The lowest BCUT2D eigenvalue weighted by atomic mass is 10.1. The van der Waals surface area contributed by atoms with Gasteiger partial charge in [0.05, 0.1) is 12.0 Å².